The smallest absolute Gasteiger partial charge is 0.349 e. The van der Waals surface area contributed by atoms with E-state index in [0.29, 0.717) is 28.2 Å². The maximum atomic E-state index is 12.0. The van der Waals surface area contributed by atoms with Crippen molar-refractivity contribution in [1.29, 1.82) is 5.26 Å². The van der Waals surface area contributed by atoms with Gasteiger partial charge in [0, 0.05) is 17.0 Å². The Morgan fingerprint density at radius 1 is 1.15 bits per heavy atom. The maximum Gasteiger partial charge on any atom is 0.349 e. The molecule has 0 aliphatic carbocycles. The molecule has 0 bridgehead atoms. The number of esters is 1. The van der Waals surface area contributed by atoms with Gasteiger partial charge in [-0.1, -0.05) is 0 Å². The van der Waals surface area contributed by atoms with Gasteiger partial charge in [0.25, 0.3) is 0 Å². The summed E-state index contributed by atoms with van der Waals surface area (Å²) in [7, 11) is 0. The molecule has 2 aromatic carbocycles. The van der Waals surface area contributed by atoms with Crippen LogP contribution < -0.4 is 15.1 Å². The average Bonchev–Trinajstić information content (AvgIpc) is 2.63. The zero-order chi connectivity index (χ0) is 18.7. The zero-order valence-electron chi connectivity index (χ0n) is 14.2. The molecule has 26 heavy (non-hydrogen) atoms. The summed E-state index contributed by atoms with van der Waals surface area (Å²) in [6, 6.07) is 13.2. The molecule has 6 nitrogen and oxygen atoms in total. The lowest BCUT2D eigenvalue weighted by Gasteiger charge is -2.10. The number of nitrogens with zero attached hydrogens (tertiary/aromatic N) is 1. The highest BCUT2D eigenvalue weighted by Crippen LogP contribution is 2.28. The average molecular weight is 349 g/mol. The summed E-state index contributed by atoms with van der Waals surface area (Å²) in [6.07, 6.45) is 0. The molecule has 1 heterocycles. The highest BCUT2D eigenvalue weighted by molar-refractivity contribution is 5.86. The van der Waals surface area contributed by atoms with E-state index in [1.807, 2.05) is 13.0 Å². The molecule has 0 unspecified atom stereocenters. The molecule has 3 rings (SSSR count). The third-order valence-corrected chi connectivity index (χ3v) is 3.88. The van der Waals surface area contributed by atoms with Gasteiger partial charge in [-0.3, -0.25) is 0 Å². The van der Waals surface area contributed by atoms with Crippen molar-refractivity contribution >= 4 is 16.9 Å². The Kier molecular flexibility index (Phi) is 4.72. The van der Waals surface area contributed by atoms with Gasteiger partial charge in [-0.2, -0.15) is 5.26 Å². The molecule has 0 atom stereocenters. The van der Waals surface area contributed by atoms with E-state index >= 15 is 0 Å². The van der Waals surface area contributed by atoms with Crippen molar-refractivity contribution < 1.29 is 18.7 Å². The summed E-state index contributed by atoms with van der Waals surface area (Å²) in [5, 5.41) is 9.54. The third-order valence-electron chi connectivity index (χ3n) is 3.88. The number of ether oxygens (including phenoxy) is 2. The van der Waals surface area contributed by atoms with Crippen LogP contribution in [0.3, 0.4) is 0 Å². The summed E-state index contributed by atoms with van der Waals surface area (Å²) in [5.41, 5.74) is 1.80. The first-order chi connectivity index (χ1) is 12.5. The van der Waals surface area contributed by atoms with Crippen LogP contribution in [0, 0.1) is 25.2 Å². The molecule has 6 heteroatoms. The van der Waals surface area contributed by atoms with Gasteiger partial charge < -0.3 is 13.9 Å². The standard InChI is InChI=1S/C20H15NO5/c1-12-9-18(22)26-20-13(2)17(8-7-16(12)20)25-19(23)11-24-15-5-3-14(10-21)4-6-15/h3-9H,11H2,1-2H3. The quantitative estimate of drug-likeness (QED) is 0.408. The van der Waals surface area contributed by atoms with Crippen molar-refractivity contribution in [1.82, 2.24) is 0 Å². The predicted molar refractivity (Wildman–Crippen MR) is 94.2 cm³/mol. The van der Waals surface area contributed by atoms with E-state index in [1.165, 1.54) is 6.07 Å². The molecule has 0 saturated carbocycles. The van der Waals surface area contributed by atoms with Crippen LogP contribution in [0.15, 0.2) is 51.7 Å². The lowest BCUT2D eigenvalue weighted by atomic mass is 10.1. The number of hydrogen-bond acceptors (Lipinski definition) is 6. The van der Waals surface area contributed by atoms with Crippen molar-refractivity contribution in [3.63, 3.8) is 0 Å². The van der Waals surface area contributed by atoms with Crippen molar-refractivity contribution in [2.24, 2.45) is 0 Å². The van der Waals surface area contributed by atoms with Gasteiger partial charge in [0.1, 0.15) is 17.1 Å². The number of hydrogen-bond donors (Lipinski definition) is 0. The van der Waals surface area contributed by atoms with E-state index in [0.717, 1.165) is 10.9 Å². The molecule has 0 radical (unpaired) electrons. The molecule has 0 spiro atoms. The van der Waals surface area contributed by atoms with E-state index in [9.17, 15) is 9.59 Å². The summed E-state index contributed by atoms with van der Waals surface area (Å²) < 4.78 is 15.9. The van der Waals surface area contributed by atoms with Crippen LogP contribution in [0.1, 0.15) is 16.7 Å². The Bertz CT molecular complexity index is 1070. The van der Waals surface area contributed by atoms with Gasteiger partial charge in [0.2, 0.25) is 0 Å². The molecule has 0 fully saturated rings. The number of fused-ring (bicyclic) bond motifs is 1. The van der Waals surface area contributed by atoms with Crippen LogP contribution in [-0.2, 0) is 4.79 Å². The third kappa shape index (κ3) is 3.57. The molecule has 0 aliphatic heterocycles. The van der Waals surface area contributed by atoms with E-state index < -0.39 is 11.6 Å². The Labute approximate surface area is 149 Å². The Morgan fingerprint density at radius 3 is 2.58 bits per heavy atom. The van der Waals surface area contributed by atoms with Gasteiger partial charge in [-0.05, 0) is 55.8 Å². The normalized spacial score (nSPS) is 10.3. The van der Waals surface area contributed by atoms with Gasteiger partial charge in [0.15, 0.2) is 6.61 Å². The van der Waals surface area contributed by atoms with Crippen molar-refractivity contribution in [2.75, 3.05) is 6.61 Å². The van der Waals surface area contributed by atoms with Crippen LogP contribution in [-0.4, -0.2) is 12.6 Å². The van der Waals surface area contributed by atoms with Crippen LogP contribution in [0.4, 0.5) is 0 Å². The fraction of sp³-hybridized carbons (Fsp3) is 0.150. The minimum Gasteiger partial charge on any atom is -0.482 e. The van der Waals surface area contributed by atoms with Crippen LogP contribution in [0.2, 0.25) is 0 Å². The van der Waals surface area contributed by atoms with Crippen LogP contribution in [0.5, 0.6) is 11.5 Å². The Morgan fingerprint density at radius 2 is 1.88 bits per heavy atom. The molecule has 130 valence electrons. The highest BCUT2D eigenvalue weighted by atomic mass is 16.6. The minimum atomic E-state index is -0.591. The molecule has 0 N–H and O–H groups in total. The first-order valence-electron chi connectivity index (χ1n) is 7.85. The number of rotatable bonds is 4. The lowest BCUT2D eigenvalue weighted by molar-refractivity contribution is -0.136. The maximum absolute atomic E-state index is 12.0. The largest absolute Gasteiger partial charge is 0.482 e. The Hall–Kier alpha value is -3.59. The number of benzene rings is 2. The summed E-state index contributed by atoms with van der Waals surface area (Å²) in [6.45, 7) is 3.24. The predicted octanol–water partition coefficient (Wildman–Crippen LogP) is 3.27. The molecule has 1 aromatic heterocycles. The van der Waals surface area contributed by atoms with Crippen molar-refractivity contribution in [3.05, 3.63) is 69.6 Å². The number of carbonyl (C=O) groups excluding carboxylic acids is 1. The molecular formula is C20H15NO5. The second-order valence-electron chi connectivity index (χ2n) is 5.71. The van der Waals surface area contributed by atoms with Gasteiger partial charge in [-0.15, -0.1) is 0 Å². The summed E-state index contributed by atoms with van der Waals surface area (Å²) >= 11 is 0. The Balaban J connectivity index is 1.73. The number of carbonyl (C=O) groups is 1. The highest BCUT2D eigenvalue weighted by Gasteiger charge is 2.13. The molecular weight excluding hydrogens is 334 g/mol. The second kappa shape index (κ2) is 7.11. The lowest BCUT2D eigenvalue weighted by Crippen LogP contribution is -2.18. The number of aryl methyl sites for hydroxylation is 2. The minimum absolute atomic E-state index is 0.291. The molecule has 3 aromatic rings. The van der Waals surface area contributed by atoms with E-state index in [2.05, 4.69) is 0 Å². The SMILES string of the molecule is Cc1cc(=O)oc2c(C)c(OC(=O)COc3ccc(C#N)cc3)ccc12. The molecule has 0 aliphatic rings. The summed E-state index contributed by atoms with van der Waals surface area (Å²) in [5.74, 6) is 0.171. The van der Waals surface area contributed by atoms with E-state index in [4.69, 9.17) is 19.2 Å². The molecule has 0 amide bonds. The van der Waals surface area contributed by atoms with Crippen molar-refractivity contribution in [3.8, 4) is 17.6 Å². The van der Waals surface area contributed by atoms with Crippen LogP contribution >= 0.6 is 0 Å². The fourth-order valence-electron chi connectivity index (χ4n) is 2.53. The van der Waals surface area contributed by atoms with E-state index in [-0.39, 0.29) is 6.61 Å². The topological polar surface area (TPSA) is 89.5 Å². The monoisotopic (exact) mass is 349 g/mol. The first kappa shape index (κ1) is 17.2. The number of nitriles is 1. The summed E-state index contributed by atoms with van der Waals surface area (Å²) in [4.78, 5) is 23.6. The van der Waals surface area contributed by atoms with Gasteiger partial charge in [0.05, 0.1) is 11.6 Å². The van der Waals surface area contributed by atoms with E-state index in [1.54, 1.807) is 43.3 Å². The van der Waals surface area contributed by atoms with Crippen LogP contribution in [0.25, 0.3) is 11.0 Å². The first-order valence-corrected chi connectivity index (χ1v) is 7.85. The van der Waals surface area contributed by atoms with Gasteiger partial charge >= 0.3 is 11.6 Å². The molecule has 0 saturated heterocycles. The van der Waals surface area contributed by atoms with Gasteiger partial charge in [-0.25, -0.2) is 9.59 Å². The second-order valence-corrected chi connectivity index (χ2v) is 5.71. The zero-order valence-corrected chi connectivity index (χ0v) is 14.2. The fourth-order valence-corrected chi connectivity index (χ4v) is 2.53. The van der Waals surface area contributed by atoms with Crippen molar-refractivity contribution in [2.45, 2.75) is 13.8 Å².